The number of carbonyl (C=O) groups excluding carboxylic acids is 2. The summed E-state index contributed by atoms with van der Waals surface area (Å²) in [5, 5.41) is 3.33. The second-order valence-electron chi connectivity index (χ2n) is 9.08. The third-order valence-electron chi connectivity index (χ3n) is 7.06. The largest absolute Gasteiger partial charge is 0.427 e. The molecular weight excluding hydrogens is 370 g/mol. The summed E-state index contributed by atoms with van der Waals surface area (Å²) >= 11 is 0. The van der Waals surface area contributed by atoms with Crippen molar-refractivity contribution in [2.75, 3.05) is 39.8 Å². The summed E-state index contributed by atoms with van der Waals surface area (Å²) in [6.07, 6.45) is 5.27. The highest BCUT2D eigenvalue weighted by Crippen LogP contribution is 2.40. The van der Waals surface area contributed by atoms with E-state index in [0.29, 0.717) is 30.8 Å². The molecule has 1 aromatic rings. The Morgan fingerprint density at radius 3 is 2.62 bits per heavy atom. The number of hydrogen-bond acceptors (Lipinski definition) is 5. The van der Waals surface area contributed by atoms with E-state index < -0.39 is 5.63 Å². The summed E-state index contributed by atoms with van der Waals surface area (Å²) in [4.78, 5) is 41.2. The van der Waals surface area contributed by atoms with E-state index in [2.05, 4.69) is 5.32 Å². The highest BCUT2D eigenvalue weighted by molar-refractivity contribution is 5.95. The summed E-state index contributed by atoms with van der Waals surface area (Å²) < 4.78 is 5.59. The quantitative estimate of drug-likeness (QED) is 0.818. The Balaban J connectivity index is 1.46. The summed E-state index contributed by atoms with van der Waals surface area (Å²) in [7, 11) is 1.86. The molecule has 0 radical (unpaired) electrons. The maximum absolute atomic E-state index is 13.1. The molecule has 4 rings (SSSR count). The highest BCUT2D eigenvalue weighted by atomic mass is 16.4. The number of amides is 2. The number of nitrogens with zero attached hydrogens (tertiary/aromatic N) is 2. The van der Waals surface area contributed by atoms with Gasteiger partial charge in [0.05, 0.1) is 0 Å². The third-order valence-corrected chi connectivity index (χ3v) is 7.06. The first-order valence-electron chi connectivity index (χ1n) is 10.8. The van der Waals surface area contributed by atoms with Crippen LogP contribution in [0.15, 0.2) is 15.3 Å². The van der Waals surface area contributed by atoms with E-state index in [1.54, 1.807) is 4.90 Å². The lowest BCUT2D eigenvalue weighted by Crippen LogP contribution is -2.51. The number of likely N-dealkylation sites (tertiary alicyclic amines) is 2. The molecule has 0 aromatic carbocycles. The third kappa shape index (κ3) is 3.97. The molecule has 0 saturated carbocycles. The number of rotatable bonds is 2. The van der Waals surface area contributed by atoms with Gasteiger partial charge in [-0.2, -0.15) is 0 Å². The SMILES string of the molecule is Cc1cc(C2CCCNC2)oc(=O)c1C(=O)N1CCC2(CCC(=O)N(C)C2)CC1. The zero-order valence-corrected chi connectivity index (χ0v) is 17.5. The minimum Gasteiger partial charge on any atom is -0.427 e. The van der Waals surface area contributed by atoms with Gasteiger partial charge in [-0.15, -0.1) is 0 Å². The fraction of sp³-hybridized carbons (Fsp3) is 0.682. The standard InChI is InChI=1S/C22H31N3O4/c1-15-12-17(16-4-3-9-23-13-16)29-21(28)19(15)20(27)25-10-7-22(8-11-25)6-5-18(26)24(2)14-22/h12,16,23H,3-11,13-14H2,1-2H3. The normalized spacial score (nSPS) is 24.8. The molecule has 1 atom stereocenters. The summed E-state index contributed by atoms with van der Waals surface area (Å²) in [5.41, 5.74) is 0.468. The molecule has 1 N–H and O–H groups in total. The second-order valence-corrected chi connectivity index (χ2v) is 9.08. The second kappa shape index (κ2) is 7.94. The van der Waals surface area contributed by atoms with Crippen molar-refractivity contribution < 1.29 is 14.0 Å². The van der Waals surface area contributed by atoms with Crippen LogP contribution in [-0.2, 0) is 4.79 Å². The average molecular weight is 402 g/mol. The summed E-state index contributed by atoms with van der Waals surface area (Å²) in [6.45, 7) is 5.63. The summed E-state index contributed by atoms with van der Waals surface area (Å²) in [5.74, 6) is 0.860. The number of aryl methyl sites for hydroxylation is 1. The molecule has 1 spiro atoms. The van der Waals surface area contributed by atoms with Gasteiger partial charge in [-0.3, -0.25) is 9.59 Å². The Labute approximate surface area is 171 Å². The monoisotopic (exact) mass is 401 g/mol. The van der Waals surface area contributed by atoms with Crippen LogP contribution < -0.4 is 10.9 Å². The summed E-state index contributed by atoms with van der Waals surface area (Å²) in [6, 6.07) is 1.87. The minimum atomic E-state index is -0.515. The van der Waals surface area contributed by atoms with Gasteiger partial charge in [-0.1, -0.05) is 0 Å². The van der Waals surface area contributed by atoms with Crippen molar-refractivity contribution >= 4 is 11.8 Å². The van der Waals surface area contributed by atoms with Gasteiger partial charge in [-0.25, -0.2) is 4.79 Å². The molecule has 3 saturated heterocycles. The van der Waals surface area contributed by atoms with Crippen molar-refractivity contribution in [1.82, 2.24) is 15.1 Å². The zero-order chi connectivity index (χ0) is 20.6. The maximum Gasteiger partial charge on any atom is 0.349 e. The van der Waals surface area contributed by atoms with Gasteiger partial charge in [0.15, 0.2) is 0 Å². The lowest BCUT2D eigenvalue weighted by Gasteiger charge is -2.46. The van der Waals surface area contributed by atoms with Crippen LogP contribution in [0.1, 0.15) is 66.1 Å². The van der Waals surface area contributed by atoms with Crippen molar-refractivity contribution in [3.05, 3.63) is 33.4 Å². The lowest BCUT2D eigenvalue weighted by atomic mass is 9.72. The smallest absolute Gasteiger partial charge is 0.349 e. The van der Waals surface area contributed by atoms with E-state index in [9.17, 15) is 14.4 Å². The van der Waals surface area contributed by atoms with Crippen LogP contribution in [0.25, 0.3) is 0 Å². The molecule has 0 aliphatic carbocycles. The van der Waals surface area contributed by atoms with Gasteiger partial charge < -0.3 is 19.5 Å². The van der Waals surface area contributed by atoms with Gasteiger partial charge in [0, 0.05) is 45.6 Å². The van der Waals surface area contributed by atoms with Crippen molar-refractivity contribution in [1.29, 1.82) is 0 Å². The molecule has 3 aliphatic rings. The first-order chi connectivity index (χ1) is 13.9. The Morgan fingerprint density at radius 2 is 2.00 bits per heavy atom. The van der Waals surface area contributed by atoms with Crippen LogP contribution >= 0.6 is 0 Å². The van der Waals surface area contributed by atoms with Gasteiger partial charge in [-0.05, 0) is 62.6 Å². The predicted molar refractivity (Wildman–Crippen MR) is 109 cm³/mol. The van der Waals surface area contributed by atoms with Crippen LogP contribution in [-0.4, -0.2) is 61.4 Å². The zero-order valence-electron chi connectivity index (χ0n) is 17.5. The topological polar surface area (TPSA) is 82.9 Å². The molecule has 0 bridgehead atoms. The molecular formula is C22H31N3O4. The van der Waals surface area contributed by atoms with E-state index >= 15 is 0 Å². The fourth-order valence-corrected chi connectivity index (χ4v) is 5.17. The Kier molecular flexibility index (Phi) is 5.51. The minimum absolute atomic E-state index is 0.108. The molecule has 7 heteroatoms. The Morgan fingerprint density at radius 1 is 1.24 bits per heavy atom. The molecule has 29 heavy (non-hydrogen) atoms. The van der Waals surface area contributed by atoms with Gasteiger partial charge in [0.2, 0.25) is 5.91 Å². The maximum atomic E-state index is 13.1. The van der Waals surface area contributed by atoms with E-state index in [1.807, 2.05) is 24.9 Å². The molecule has 2 amide bonds. The molecule has 1 unspecified atom stereocenters. The number of hydrogen-bond donors (Lipinski definition) is 1. The first kappa shape index (κ1) is 20.1. The fourth-order valence-electron chi connectivity index (χ4n) is 5.17. The number of nitrogens with one attached hydrogen (secondary N) is 1. The van der Waals surface area contributed by atoms with Crippen molar-refractivity contribution in [3.63, 3.8) is 0 Å². The first-order valence-corrected chi connectivity index (χ1v) is 10.8. The Bertz CT molecular complexity index is 848. The molecule has 1 aromatic heterocycles. The predicted octanol–water partition coefficient (Wildman–Crippen LogP) is 1.89. The van der Waals surface area contributed by atoms with E-state index in [0.717, 1.165) is 51.7 Å². The van der Waals surface area contributed by atoms with Gasteiger partial charge in [0.1, 0.15) is 11.3 Å². The highest BCUT2D eigenvalue weighted by Gasteiger charge is 2.41. The van der Waals surface area contributed by atoms with E-state index in [-0.39, 0.29) is 28.7 Å². The van der Waals surface area contributed by atoms with E-state index in [1.165, 1.54) is 0 Å². The number of carbonyl (C=O) groups is 2. The average Bonchev–Trinajstić information content (AvgIpc) is 2.72. The van der Waals surface area contributed by atoms with E-state index in [4.69, 9.17) is 4.42 Å². The van der Waals surface area contributed by atoms with Crippen molar-refractivity contribution in [2.45, 2.75) is 51.4 Å². The molecule has 7 nitrogen and oxygen atoms in total. The van der Waals surface area contributed by atoms with Crippen molar-refractivity contribution in [2.24, 2.45) is 5.41 Å². The molecule has 3 aliphatic heterocycles. The molecule has 4 heterocycles. The van der Waals surface area contributed by atoms with Crippen LogP contribution in [0.4, 0.5) is 0 Å². The van der Waals surface area contributed by atoms with Crippen LogP contribution in [0.2, 0.25) is 0 Å². The van der Waals surface area contributed by atoms with Crippen molar-refractivity contribution in [3.8, 4) is 0 Å². The van der Waals surface area contributed by atoms with Crippen LogP contribution in [0.3, 0.4) is 0 Å². The van der Waals surface area contributed by atoms with Crippen LogP contribution in [0.5, 0.6) is 0 Å². The lowest BCUT2D eigenvalue weighted by molar-refractivity contribution is -0.137. The Hall–Kier alpha value is -2.15. The van der Waals surface area contributed by atoms with Gasteiger partial charge in [0.25, 0.3) is 5.91 Å². The molecule has 158 valence electrons. The van der Waals surface area contributed by atoms with Crippen LogP contribution in [0, 0.1) is 12.3 Å². The number of piperidine rings is 3. The molecule has 3 fully saturated rings. The van der Waals surface area contributed by atoms with Gasteiger partial charge >= 0.3 is 5.63 Å².